The van der Waals surface area contributed by atoms with Crippen molar-refractivity contribution < 1.29 is 19.5 Å². The van der Waals surface area contributed by atoms with Crippen LogP contribution in [0.25, 0.3) is 16.8 Å². The van der Waals surface area contributed by atoms with Crippen LogP contribution in [0.15, 0.2) is 36.7 Å². The van der Waals surface area contributed by atoms with Crippen molar-refractivity contribution in [2.24, 2.45) is 0 Å². The molecule has 3 aromatic rings. The summed E-state index contributed by atoms with van der Waals surface area (Å²) in [4.78, 5) is 28.4. The molecule has 0 bridgehead atoms. The Labute approximate surface area is 199 Å². The minimum Gasteiger partial charge on any atom is -0.463 e. The van der Waals surface area contributed by atoms with Crippen LogP contribution in [0.1, 0.15) is 43.1 Å². The Morgan fingerprint density at radius 3 is 2.50 bits per heavy atom. The number of amides is 1. The van der Waals surface area contributed by atoms with Crippen LogP contribution in [0, 0.1) is 6.92 Å². The molecule has 182 valence electrons. The molecule has 1 fully saturated rings. The average molecular weight is 468 g/mol. The fraction of sp³-hybridized carbons (Fsp3) is 0.480. The van der Waals surface area contributed by atoms with Gasteiger partial charge in [-0.05, 0) is 51.8 Å². The van der Waals surface area contributed by atoms with Crippen molar-refractivity contribution in [2.75, 3.05) is 39.5 Å². The number of rotatable bonds is 8. The summed E-state index contributed by atoms with van der Waals surface area (Å²) in [6, 6.07) is 7.79. The standard InChI is InChI=1S/C25H33N5O4/c1-17-23-22(18-5-11-21(12-6-18)30(34-4)25(31)32)27-24(29(23)14-13-26-17)19-7-9-20(10-8-19)28(2)15-16-33-3/h5-6,11-14,19-20H,7-10,15-16H2,1-4H3,(H,31,32). The van der Waals surface area contributed by atoms with Crippen molar-refractivity contribution in [2.45, 2.75) is 44.6 Å². The predicted octanol–water partition coefficient (Wildman–Crippen LogP) is 4.35. The molecule has 0 spiro atoms. The average Bonchev–Trinajstić information content (AvgIpc) is 3.24. The summed E-state index contributed by atoms with van der Waals surface area (Å²) in [5, 5.41) is 10.1. The highest BCUT2D eigenvalue weighted by atomic mass is 16.7. The minimum atomic E-state index is -1.17. The SMILES string of the molecule is COCCN(C)C1CCC(c2nc(-c3ccc(N(OC)C(=O)O)cc3)c3c(C)nccn23)CC1. The summed E-state index contributed by atoms with van der Waals surface area (Å²) in [5.41, 5.74) is 4.13. The van der Waals surface area contributed by atoms with E-state index in [9.17, 15) is 9.90 Å². The monoisotopic (exact) mass is 467 g/mol. The second-order valence-corrected chi connectivity index (χ2v) is 8.84. The Hall–Kier alpha value is -3.01. The highest BCUT2D eigenvalue weighted by Gasteiger charge is 2.29. The number of aromatic nitrogens is 3. The van der Waals surface area contributed by atoms with E-state index in [-0.39, 0.29) is 0 Å². The molecule has 1 aromatic carbocycles. The van der Waals surface area contributed by atoms with Gasteiger partial charge in [0.1, 0.15) is 5.82 Å². The highest BCUT2D eigenvalue weighted by Crippen LogP contribution is 2.37. The number of aryl methyl sites for hydroxylation is 1. The molecule has 1 amide bonds. The summed E-state index contributed by atoms with van der Waals surface area (Å²) in [6.07, 6.45) is 7.09. The zero-order valence-corrected chi connectivity index (χ0v) is 20.3. The minimum absolute atomic E-state index is 0.380. The summed E-state index contributed by atoms with van der Waals surface area (Å²) in [7, 11) is 5.26. The molecule has 1 saturated carbocycles. The van der Waals surface area contributed by atoms with Gasteiger partial charge in [0.05, 0.1) is 36.3 Å². The third kappa shape index (κ3) is 4.77. The van der Waals surface area contributed by atoms with E-state index in [1.165, 1.54) is 7.11 Å². The van der Waals surface area contributed by atoms with Gasteiger partial charge in [-0.1, -0.05) is 12.1 Å². The van der Waals surface area contributed by atoms with Gasteiger partial charge in [0, 0.05) is 43.6 Å². The van der Waals surface area contributed by atoms with Crippen LogP contribution in [0.2, 0.25) is 0 Å². The summed E-state index contributed by atoms with van der Waals surface area (Å²) >= 11 is 0. The third-order valence-electron chi connectivity index (χ3n) is 6.83. The third-order valence-corrected chi connectivity index (χ3v) is 6.83. The molecule has 0 saturated heterocycles. The quantitative estimate of drug-likeness (QED) is 0.492. The maximum absolute atomic E-state index is 11.4. The smallest absolute Gasteiger partial charge is 0.436 e. The van der Waals surface area contributed by atoms with Crippen LogP contribution in [0.5, 0.6) is 0 Å². The molecule has 1 N–H and O–H groups in total. The van der Waals surface area contributed by atoms with Crippen molar-refractivity contribution >= 4 is 17.3 Å². The van der Waals surface area contributed by atoms with Crippen LogP contribution in [-0.2, 0) is 9.57 Å². The van der Waals surface area contributed by atoms with E-state index in [0.717, 1.165) is 72.2 Å². The Kier molecular flexibility index (Phi) is 7.45. The zero-order chi connectivity index (χ0) is 24.2. The second-order valence-electron chi connectivity index (χ2n) is 8.84. The second kappa shape index (κ2) is 10.5. The van der Waals surface area contributed by atoms with Crippen LogP contribution >= 0.6 is 0 Å². The molecular formula is C25H33N5O4. The van der Waals surface area contributed by atoms with Crippen LogP contribution < -0.4 is 5.06 Å². The lowest BCUT2D eigenvalue weighted by molar-refractivity contribution is 0.119. The van der Waals surface area contributed by atoms with E-state index < -0.39 is 6.09 Å². The molecule has 0 atom stereocenters. The predicted molar refractivity (Wildman–Crippen MR) is 130 cm³/mol. The zero-order valence-electron chi connectivity index (χ0n) is 20.3. The number of carbonyl (C=O) groups is 1. The number of likely N-dealkylation sites (N-methyl/N-ethyl adjacent to an activating group) is 1. The lowest BCUT2D eigenvalue weighted by Crippen LogP contribution is -2.37. The van der Waals surface area contributed by atoms with Gasteiger partial charge in [-0.15, -0.1) is 0 Å². The normalized spacial score (nSPS) is 18.5. The van der Waals surface area contributed by atoms with Crippen LogP contribution in [-0.4, -0.2) is 70.9 Å². The Balaban J connectivity index is 1.62. The number of nitrogens with zero attached hydrogens (tertiary/aromatic N) is 5. The van der Waals surface area contributed by atoms with Crippen molar-refractivity contribution in [3.63, 3.8) is 0 Å². The largest absolute Gasteiger partial charge is 0.463 e. The van der Waals surface area contributed by atoms with E-state index in [4.69, 9.17) is 14.6 Å². The molecule has 1 aliphatic carbocycles. The van der Waals surface area contributed by atoms with Crippen molar-refractivity contribution in [3.8, 4) is 11.3 Å². The molecule has 2 aromatic heterocycles. The van der Waals surface area contributed by atoms with Crippen LogP contribution in [0.3, 0.4) is 0 Å². The van der Waals surface area contributed by atoms with Crippen molar-refractivity contribution in [1.82, 2.24) is 19.3 Å². The van der Waals surface area contributed by atoms with Crippen LogP contribution in [0.4, 0.5) is 10.5 Å². The summed E-state index contributed by atoms with van der Waals surface area (Å²) in [6.45, 7) is 3.70. The summed E-state index contributed by atoms with van der Waals surface area (Å²) in [5.74, 6) is 1.45. The lowest BCUT2D eigenvalue weighted by Gasteiger charge is -2.34. The van der Waals surface area contributed by atoms with E-state index in [1.54, 1.807) is 19.2 Å². The van der Waals surface area contributed by atoms with E-state index >= 15 is 0 Å². The van der Waals surface area contributed by atoms with Crippen molar-refractivity contribution in [1.29, 1.82) is 0 Å². The van der Waals surface area contributed by atoms with Gasteiger partial charge >= 0.3 is 6.09 Å². The first kappa shape index (κ1) is 24.1. The summed E-state index contributed by atoms with van der Waals surface area (Å²) < 4.78 is 7.42. The fourth-order valence-corrected chi connectivity index (χ4v) is 4.95. The first-order valence-electron chi connectivity index (χ1n) is 11.6. The van der Waals surface area contributed by atoms with Gasteiger partial charge < -0.3 is 14.7 Å². The maximum atomic E-state index is 11.4. The lowest BCUT2D eigenvalue weighted by atomic mass is 9.85. The fourth-order valence-electron chi connectivity index (χ4n) is 4.95. The molecule has 34 heavy (non-hydrogen) atoms. The van der Waals surface area contributed by atoms with E-state index in [1.807, 2.05) is 31.5 Å². The first-order chi connectivity index (χ1) is 16.4. The number of ether oxygens (including phenoxy) is 1. The molecule has 9 nitrogen and oxygen atoms in total. The molecule has 4 rings (SSSR count). The number of anilines is 1. The van der Waals surface area contributed by atoms with Gasteiger partial charge in [-0.25, -0.2) is 9.78 Å². The van der Waals surface area contributed by atoms with Crippen molar-refractivity contribution in [3.05, 3.63) is 48.2 Å². The van der Waals surface area contributed by atoms with E-state index in [0.29, 0.717) is 17.6 Å². The number of fused-ring (bicyclic) bond motifs is 1. The molecule has 2 heterocycles. The molecule has 0 unspecified atom stereocenters. The molecule has 9 heteroatoms. The molecule has 0 aliphatic heterocycles. The number of methoxy groups -OCH3 is 1. The Morgan fingerprint density at radius 2 is 1.88 bits per heavy atom. The number of carboxylic acid groups (broad SMARTS) is 1. The number of hydroxylamine groups is 1. The van der Waals surface area contributed by atoms with Gasteiger partial charge in [-0.3, -0.25) is 14.2 Å². The molecular weight excluding hydrogens is 434 g/mol. The first-order valence-corrected chi connectivity index (χ1v) is 11.6. The molecule has 1 aliphatic rings. The Bertz CT molecular complexity index is 1120. The topological polar surface area (TPSA) is 92.4 Å². The van der Waals surface area contributed by atoms with Gasteiger partial charge in [0.25, 0.3) is 0 Å². The number of hydrogen-bond donors (Lipinski definition) is 1. The highest BCUT2D eigenvalue weighted by molar-refractivity contribution is 5.85. The maximum Gasteiger partial charge on any atom is 0.436 e. The number of hydrogen-bond acceptors (Lipinski definition) is 6. The number of benzene rings is 1. The Morgan fingerprint density at radius 1 is 1.18 bits per heavy atom. The van der Waals surface area contributed by atoms with Gasteiger partial charge in [0.15, 0.2) is 0 Å². The molecule has 0 radical (unpaired) electrons. The van der Waals surface area contributed by atoms with Gasteiger partial charge in [0.2, 0.25) is 0 Å². The number of imidazole rings is 1. The van der Waals surface area contributed by atoms with Gasteiger partial charge in [-0.2, -0.15) is 5.06 Å². The van der Waals surface area contributed by atoms with E-state index in [2.05, 4.69) is 21.3 Å².